The van der Waals surface area contributed by atoms with Crippen LogP contribution in [0.5, 0.6) is 5.75 Å². The number of aryl methyl sites for hydroxylation is 1. The lowest BCUT2D eigenvalue weighted by atomic mass is 10.1. The third-order valence-corrected chi connectivity index (χ3v) is 4.91. The standard InChI is InChI=1S/C23H29N3O3/c1-3-22(24-25-23(27)20-6-4-18(2)5-7-20)19-8-10-21(11-9-19)29-17-14-26-12-15-28-16-13-26/h4-11H,3,12-17H2,1-2H3,(H,25,27)/b24-22-. The Labute approximate surface area is 172 Å². The highest BCUT2D eigenvalue weighted by atomic mass is 16.5. The van der Waals surface area contributed by atoms with Crippen LogP contribution in [-0.4, -0.2) is 56.0 Å². The summed E-state index contributed by atoms with van der Waals surface area (Å²) >= 11 is 0. The van der Waals surface area contributed by atoms with Crippen LogP contribution in [0.1, 0.15) is 34.8 Å². The number of hydrazone groups is 1. The monoisotopic (exact) mass is 395 g/mol. The molecule has 2 aromatic rings. The molecule has 6 heteroatoms. The van der Waals surface area contributed by atoms with Gasteiger partial charge in [-0.3, -0.25) is 9.69 Å². The number of amides is 1. The van der Waals surface area contributed by atoms with Crippen LogP contribution in [0.25, 0.3) is 0 Å². The van der Waals surface area contributed by atoms with Crippen LogP contribution in [0.3, 0.4) is 0 Å². The summed E-state index contributed by atoms with van der Waals surface area (Å²) in [4.78, 5) is 14.6. The fourth-order valence-corrected chi connectivity index (χ4v) is 3.10. The number of carbonyl (C=O) groups is 1. The first kappa shape index (κ1) is 21.0. The Hall–Kier alpha value is -2.70. The summed E-state index contributed by atoms with van der Waals surface area (Å²) in [7, 11) is 0. The van der Waals surface area contributed by atoms with Crippen LogP contribution in [0.4, 0.5) is 0 Å². The van der Waals surface area contributed by atoms with Gasteiger partial charge in [-0.25, -0.2) is 5.43 Å². The zero-order valence-electron chi connectivity index (χ0n) is 17.2. The molecule has 154 valence electrons. The quantitative estimate of drug-likeness (QED) is 0.551. The molecule has 1 aliphatic rings. The molecule has 0 aromatic heterocycles. The van der Waals surface area contributed by atoms with Crippen molar-refractivity contribution in [3.8, 4) is 5.75 Å². The van der Waals surface area contributed by atoms with Gasteiger partial charge in [0.15, 0.2) is 0 Å². The van der Waals surface area contributed by atoms with Gasteiger partial charge in [0.2, 0.25) is 0 Å². The lowest BCUT2D eigenvalue weighted by molar-refractivity contribution is 0.0322. The minimum atomic E-state index is -0.209. The zero-order chi connectivity index (χ0) is 20.5. The maximum absolute atomic E-state index is 12.3. The molecule has 0 bridgehead atoms. The average molecular weight is 396 g/mol. The molecule has 0 radical (unpaired) electrons. The first-order valence-electron chi connectivity index (χ1n) is 10.1. The van der Waals surface area contributed by atoms with Crippen molar-refractivity contribution < 1.29 is 14.3 Å². The molecular formula is C23H29N3O3. The SMILES string of the molecule is CC/C(=N/NC(=O)c1ccc(C)cc1)c1ccc(OCCN2CCOCC2)cc1. The fraction of sp³-hybridized carbons (Fsp3) is 0.391. The van der Waals surface area contributed by atoms with Gasteiger partial charge in [0, 0.05) is 25.2 Å². The third kappa shape index (κ3) is 6.41. The van der Waals surface area contributed by atoms with Crippen molar-refractivity contribution in [2.24, 2.45) is 5.10 Å². The van der Waals surface area contributed by atoms with E-state index in [0.717, 1.165) is 55.4 Å². The van der Waals surface area contributed by atoms with Crippen LogP contribution in [-0.2, 0) is 4.74 Å². The van der Waals surface area contributed by atoms with E-state index in [9.17, 15) is 4.79 Å². The van der Waals surface area contributed by atoms with Gasteiger partial charge in [-0.15, -0.1) is 0 Å². The maximum atomic E-state index is 12.3. The summed E-state index contributed by atoms with van der Waals surface area (Å²) in [6.45, 7) is 9.09. The second-order valence-corrected chi connectivity index (χ2v) is 7.05. The molecule has 0 unspecified atom stereocenters. The highest BCUT2D eigenvalue weighted by Crippen LogP contribution is 2.14. The molecule has 6 nitrogen and oxygen atoms in total. The summed E-state index contributed by atoms with van der Waals surface area (Å²) in [6, 6.07) is 15.3. The van der Waals surface area contributed by atoms with E-state index >= 15 is 0 Å². The molecule has 0 spiro atoms. The van der Waals surface area contributed by atoms with Crippen molar-refractivity contribution in [3.05, 3.63) is 65.2 Å². The van der Waals surface area contributed by atoms with Gasteiger partial charge in [0.25, 0.3) is 5.91 Å². The number of carbonyl (C=O) groups excluding carboxylic acids is 1. The molecule has 3 rings (SSSR count). The Morgan fingerprint density at radius 1 is 1.07 bits per heavy atom. The smallest absolute Gasteiger partial charge is 0.271 e. The number of morpholine rings is 1. The van der Waals surface area contributed by atoms with Crippen LogP contribution in [0.2, 0.25) is 0 Å². The number of nitrogens with zero attached hydrogens (tertiary/aromatic N) is 2. The van der Waals surface area contributed by atoms with Crippen molar-refractivity contribution in [2.45, 2.75) is 20.3 Å². The van der Waals surface area contributed by atoms with Crippen LogP contribution in [0.15, 0.2) is 53.6 Å². The van der Waals surface area contributed by atoms with E-state index < -0.39 is 0 Å². The lowest BCUT2D eigenvalue weighted by Crippen LogP contribution is -2.38. The summed E-state index contributed by atoms with van der Waals surface area (Å²) in [5.41, 5.74) is 6.16. The molecule has 1 amide bonds. The van der Waals surface area contributed by atoms with Crippen molar-refractivity contribution in [1.82, 2.24) is 10.3 Å². The molecular weight excluding hydrogens is 366 g/mol. The van der Waals surface area contributed by atoms with Gasteiger partial charge in [0.05, 0.1) is 18.9 Å². The van der Waals surface area contributed by atoms with Crippen molar-refractivity contribution in [1.29, 1.82) is 0 Å². The molecule has 1 fully saturated rings. The Bertz CT molecular complexity index is 810. The number of ether oxygens (including phenoxy) is 2. The lowest BCUT2D eigenvalue weighted by Gasteiger charge is -2.26. The van der Waals surface area contributed by atoms with Gasteiger partial charge >= 0.3 is 0 Å². The van der Waals surface area contributed by atoms with Crippen LogP contribution < -0.4 is 10.2 Å². The number of rotatable bonds is 8. The number of hydrogen-bond acceptors (Lipinski definition) is 5. The van der Waals surface area contributed by atoms with Gasteiger partial charge in [0.1, 0.15) is 12.4 Å². The third-order valence-electron chi connectivity index (χ3n) is 4.91. The Balaban J connectivity index is 1.52. The van der Waals surface area contributed by atoms with Crippen molar-refractivity contribution in [2.75, 3.05) is 39.5 Å². The first-order chi connectivity index (χ1) is 14.2. The molecule has 29 heavy (non-hydrogen) atoms. The second-order valence-electron chi connectivity index (χ2n) is 7.05. The van der Waals surface area contributed by atoms with Gasteiger partial charge in [-0.2, -0.15) is 5.10 Å². The molecule has 1 aliphatic heterocycles. The molecule has 0 saturated carbocycles. The molecule has 1 N–H and O–H groups in total. The molecule has 1 saturated heterocycles. The minimum Gasteiger partial charge on any atom is -0.492 e. The molecule has 2 aromatic carbocycles. The normalized spacial score (nSPS) is 15.2. The van der Waals surface area contributed by atoms with Crippen molar-refractivity contribution >= 4 is 11.6 Å². The predicted octanol–water partition coefficient (Wildman–Crippen LogP) is 3.25. The van der Waals surface area contributed by atoms with E-state index in [-0.39, 0.29) is 5.91 Å². The van der Waals surface area contributed by atoms with Gasteiger partial charge < -0.3 is 9.47 Å². The van der Waals surface area contributed by atoms with E-state index in [1.54, 1.807) is 12.1 Å². The Morgan fingerprint density at radius 2 is 1.72 bits per heavy atom. The van der Waals surface area contributed by atoms with E-state index in [2.05, 4.69) is 15.4 Å². The summed E-state index contributed by atoms with van der Waals surface area (Å²) in [5, 5.41) is 4.32. The van der Waals surface area contributed by atoms with Crippen LogP contribution in [0, 0.1) is 6.92 Å². The maximum Gasteiger partial charge on any atom is 0.271 e. The Morgan fingerprint density at radius 3 is 2.38 bits per heavy atom. The first-order valence-corrected chi connectivity index (χ1v) is 10.1. The zero-order valence-corrected chi connectivity index (χ0v) is 17.2. The number of nitrogens with one attached hydrogen (secondary N) is 1. The Kier molecular flexibility index (Phi) is 7.78. The molecule has 0 atom stereocenters. The predicted molar refractivity (Wildman–Crippen MR) is 115 cm³/mol. The highest BCUT2D eigenvalue weighted by Gasteiger charge is 2.10. The number of hydrogen-bond donors (Lipinski definition) is 1. The minimum absolute atomic E-state index is 0.209. The van der Waals surface area contributed by atoms with Gasteiger partial charge in [-0.05, 0) is 55.3 Å². The largest absolute Gasteiger partial charge is 0.492 e. The van der Waals surface area contributed by atoms with E-state index in [1.165, 1.54) is 0 Å². The van der Waals surface area contributed by atoms with E-state index in [1.807, 2.05) is 50.2 Å². The fourth-order valence-electron chi connectivity index (χ4n) is 3.10. The average Bonchev–Trinajstić information content (AvgIpc) is 2.76. The summed E-state index contributed by atoms with van der Waals surface area (Å²) in [5.74, 6) is 0.625. The van der Waals surface area contributed by atoms with Crippen LogP contribution >= 0.6 is 0 Å². The highest BCUT2D eigenvalue weighted by molar-refractivity contribution is 6.02. The van der Waals surface area contributed by atoms with E-state index in [4.69, 9.17) is 9.47 Å². The topological polar surface area (TPSA) is 63.2 Å². The second kappa shape index (κ2) is 10.7. The number of benzene rings is 2. The van der Waals surface area contributed by atoms with Crippen molar-refractivity contribution in [3.63, 3.8) is 0 Å². The summed E-state index contributed by atoms with van der Waals surface area (Å²) in [6.07, 6.45) is 0.714. The van der Waals surface area contributed by atoms with Gasteiger partial charge in [-0.1, -0.05) is 24.6 Å². The molecule has 0 aliphatic carbocycles. The molecule has 1 heterocycles. The summed E-state index contributed by atoms with van der Waals surface area (Å²) < 4.78 is 11.2. The van der Waals surface area contributed by atoms with E-state index in [0.29, 0.717) is 18.6 Å².